The predicted molar refractivity (Wildman–Crippen MR) is 77.7 cm³/mol. The summed E-state index contributed by atoms with van der Waals surface area (Å²) in [5.74, 6) is -0.503. The van der Waals surface area contributed by atoms with E-state index in [1.54, 1.807) is 18.2 Å². The van der Waals surface area contributed by atoms with Gasteiger partial charge in [-0.2, -0.15) is 0 Å². The van der Waals surface area contributed by atoms with Crippen LogP contribution in [0.1, 0.15) is 22.8 Å². The number of anilines is 1. The molecule has 0 bridgehead atoms. The van der Waals surface area contributed by atoms with Crippen molar-refractivity contribution >= 4 is 17.5 Å². The van der Waals surface area contributed by atoms with Gasteiger partial charge in [0.15, 0.2) is 0 Å². The van der Waals surface area contributed by atoms with Crippen LogP contribution in [0.4, 0.5) is 5.69 Å². The van der Waals surface area contributed by atoms with Crippen LogP contribution in [-0.2, 0) is 9.53 Å². The summed E-state index contributed by atoms with van der Waals surface area (Å²) in [7, 11) is 1.43. The van der Waals surface area contributed by atoms with Gasteiger partial charge in [0.1, 0.15) is 6.10 Å². The number of aryl methyl sites for hydroxylation is 1. The van der Waals surface area contributed by atoms with Gasteiger partial charge in [-0.3, -0.25) is 9.59 Å². The molecular weight excluding hydrogens is 258 g/mol. The van der Waals surface area contributed by atoms with Crippen LogP contribution in [0.3, 0.4) is 0 Å². The normalized spacial score (nSPS) is 11.8. The minimum atomic E-state index is -0.706. The molecule has 1 aromatic carbocycles. The molecule has 1 aromatic rings. The summed E-state index contributed by atoms with van der Waals surface area (Å²) in [5.41, 5.74) is 7.38. The van der Waals surface area contributed by atoms with E-state index in [0.29, 0.717) is 17.8 Å². The van der Waals surface area contributed by atoms with Crippen LogP contribution >= 0.6 is 0 Å². The molecule has 0 aliphatic rings. The van der Waals surface area contributed by atoms with E-state index in [-0.39, 0.29) is 18.4 Å². The summed E-state index contributed by atoms with van der Waals surface area (Å²) < 4.78 is 4.97. The second-order valence-corrected chi connectivity index (χ2v) is 4.34. The van der Waals surface area contributed by atoms with Crippen molar-refractivity contribution in [2.75, 3.05) is 25.5 Å². The van der Waals surface area contributed by atoms with E-state index in [1.807, 2.05) is 13.8 Å². The highest BCUT2D eigenvalue weighted by atomic mass is 16.5. The smallest absolute Gasteiger partial charge is 0.254 e. The zero-order valence-electron chi connectivity index (χ0n) is 12.0. The molecule has 6 nitrogen and oxygen atoms in total. The third-order valence-electron chi connectivity index (χ3n) is 2.89. The van der Waals surface area contributed by atoms with Crippen molar-refractivity contribution in [2.45, 2.75) is 20.0 Å². The Morgan fingerprint density at radius 1 is 1.40 bits per heavy atom. The molecule has 0 aromatic heterocycles. The molecule has 1 unspecified atom stereocenters. The maximum absolute atomic E-state index is 11.9. The molecule has 0 radical (unpaired) electrons. The third-order valence-corrected chi connectivity index (χ3v) is 2.89. The summed E-state index contributed by atoms with van der Waals surface area (Å²) in [5, 5.41) is 5.44. The number of methoxy groups -OCH3 is 1. The molecule has 0 aliphatic heterocycles. The maximum Gasteiger partial charge on any atom is 0.254 e. The number of nitrogens with one attached hydrogen (secondary N) is 2. The molecule has 0 fully saturated rings. The number of ether oxygens (including phenoxy) is 1. The zero-order valence-corrected chi connectivity index (χ0v) is 12.0. The van der Waals surface area contributed by atoms with Crippen LogP contribution in [0.5, 0.6) is 0 Å². The summed E-state index contributed by atoms with van der Waals surface area (Å²) in [4.78, 5) is 23.7. The summed E-state index contributed by atoms with van der Waals surface area (Å²) >= 11 is 0. The highest BCUT2D eigenvalue weighted by molar-refractivity contribution is 5.99. The monoisotopic (exact) mass is 279 g/mol. The largest absolute Gasteiger partial charge is 0.370 e. The lowest BCUT2D eigenvalue weighted by atomic mass is 10.1. The molecule has 0 spiro atoms. The lowest BCUT2D eigenvalue weighted by Crippen LogP contribution is -2.36. The fourth-order valence-electron chi connectivity index (χ4n) is 1.68. The Bertz CT molecular complexity index is 485. The number of hydrogen-bond donors (Lipinski definition) is 3. The number of carbonyl (C=O) groups is 2. The van der Waals surface area contributed by atoms with Gasteiger partial charge in [0.2, 0.25) is 0 Å². The van der Waals surface area contributed by atoms with Crippen molar-refractivity contribution in [1.82, 2.24) is 5.32 Å². The molecule has 0 saturated heterocycles. The van der Waals surface area contributed by atoms with E-state index >= 15 is 0 Å². The Labute approximate surface area is 118 Å². The first kappa shape index (κ1) is 16.1. The Morgan fingerprint density at radius 3 is 2.65 bits per heavy atom. The summed E-state index contributed by atoms with van der Waals surface area (Å²) in [6.45, 7) is 4.34. The van der Waals surface area contributed by atoms with Crippen LogP contribution in [0.2, 0.25) is 0 Å². The van der Waals surface area contributed by atoms with Crippen LogP contribution in [0, 0.1) is 6.92 Å². The van der Waals surface area contributed by atoms with Crippen molar-refractivity contribution < 1.29 is 14.3 Å². The van der Waals surface area contributed by atoms with Gasteiger partial charge in [-0.1, -0.05) is 6.07 Å². The Kier molecular flexibility index (Phi) is 6.14. The maximum atomic E-state index is 11.9. The quantitative estimate of drug-likeness (QED) is 0.713. The molecule has 0 heterocycles. The van der Waals surface area contributed by atoms with Gasteiger partial charge in [-0.15, -0.1) is 0 Å². The second kappa shape index (κ2) is 7.62. The van der Waals surface area contributed by atoms with E-state index in [2.05, 4.69) is 10.6 Å². The van der Waals surface area contributed by atoms with Gasteiger partial charge in [0.25, 0.3) is 11.8 Å². The highest BCUT2D eigenvalue weighted by Gasteiger charge is 2.17. The average Bonchev–Trinajstić information content (AvgIpc) is 2.42. The van der Waals surface area contributed by atoms with Gasteiger partial charge >= 0.3 is 0 Å². The standard InChI is InChI=1S/C14H21N3O3/c1-4-16-13(18)10-6-5-9(2)11(7-10)17-14(19)12(8-15)20-3/h5-7,12H,4,8,15H2,1-3H3,(H,16,18)(H,17,19). The van der Waals surface area contributed by atoms with Crippen LogP contribution in [-0.4, -0.2) is 38.1 Å². The minimum Gasteiger partial charge on any atom is -0.370 e. The van der Waals surface area contributed by atoms with Gasteiger partial charge < -0.3 is 21.1 Å². The van der Waals surface area contributed by atoms with Crippen molar-refractivity contribution in [3.05, 3.63) is 29.3 Å². The number of rotatable bonds is 6. The average molecular weight is 279 g/mol. The Hall–Kier alpha value is -1.92. The van der Waals surface area contributed by atoms with Crippen molar-refractivity contribution in [1.29, 1.82) is 0 Å². The van der Waals surface area contributed by atoms with Crippen LogP contribution < -0.4 is 16.4 Å². The summed E-state index contributed by atoms with van der Waals surface area (Å²) in [6.07, 6.45) is -0.706. The molecule has 1 atom stereocenters. The van der Waals surface area contributed by atoms with Gasteiger partial charge in [0.05, 0.1) is 0 Å². The van der Waals surface area contributed by atoms with E-state index < -0.39 is 6.10 Å². The highest BCUT2D eigenvalue weighted by Crippen LogP contribution is 2.17. The molecule has 20 heavy (non-hydrogen) atoms. The summed E-state index contributed by atoms with van der Waals surface area (Å²) in [6, 6.07) is 5.14. The van der Waals surface area contributed by atoms with E-state index in [1.165, 1.54) is 7.11 Å². The Morgan fingerprint density at radius 2 is 2.10 bits per heavy atom. The van der Waals surface area contributed by atoms with Gasteiger partial charge in [0, 0.05) is 31.5 Å². The van der Waals surface area contributed by atoms with Crippen LogP contribution in [0.15, 0.2) is 18.2 Å². The SMILES string of the molecule is CCNC(=O)c1ccc(C)c(NC(=O)C(CN)OC)c1. The first-order valence-corrected chi connectivity index (χ1v) is 6.46. The van der Waals surface area contributed by atoms with Crippen LogP contribution in [0.25, 0.3) is 0 Å². The van der Waals surface area contributed by atoms with Crippen molar-refractivity contribution in [3.8, 4) is 0 Å². The van der Waals surface area contributed by atoms with E-state index in [0.717, 1.165) is 5.56 Å². The molecule has 6 heteroatoms. The molecular formula is C14H21N3O3. The molecule has 2 amide bonds. The van der Waals surface area contributed by atoms with Gasteiger partial charge in [-0.25, -0.2) is 0 Å². The number of nitrogens with two attached hydrogens (primary N) is 1. The zero-order chi connectivity index (χ0) is 15.1. The molecule has 0 saturated carbocycles. The molecule has 4 N–H and O–H groups in total. The fourth-order valence-corrected chi connectivity index (χ4v) is 1.68. The first-order chi connectivity index (χ1) is 9.53. The van der Waals surface area contributed by atoms with E-state index in [4.69, 9.17) is 10.5 Å². The van der Waals surface area contributed by atoms with Gasteiger partial charge in [-0.05, 0) is 31.5 Å². The number of carbonyl (C=O) groups excluding carboxylic acids is 2. The van der Waals surface area contributed by atoms with Crippen molar-refractivity contribution in [2.24, 2.45) is 5.73 Å². The van der Waals surface area contributed by atoms with E-state index in [9.17, 15) is 9.59 Å². The topological polar surface area (TPSA) is 93.5 Å². The Balaban J connectivity index is 2.92. The van der Waals surface area contributed by atoms with Crippen molar-refractivity contribution in [3.63, 3.8) is 0 Å². The molecule has 0 aliphatic carbocycles. The lowest BCUT2D eigenvalue weighted by Gasteiger charge is -2.15. The first-order valence-electron chi connectivity index (χ1n) is 6.46. The number of amides is 2. The lowest BCUT2D eigenvalue weighted by molar-refractivity contribution is -0.125. The second-order valence-electron chi connectivity index (χ2n) is 4.34. The predicted octanol–water partition coefficient (Wildman–Crippen LogP) is 0.657. The molecule has 1 rings (SSSR count). The third kappa shape index (κ3) is 4.04. The number of hydrogen-bond acceptors (Lipinski definition) is 4. The molecule has 110 valence electrons. The minimum absolute atomic E-state index is 0.0946. The number of benzene rings is 1. The fraction of sp³-hybridized carbons (Fsp3) is 0.429.